The third-order valence-electron chi connectivity index (χ3n) is 7.01. The number of benzene rings is 2. The molecule has 0 unspecified atom stereocenters. The van der Waals surface area contributed by atoms with Crippen molar-refractivity contribution in [3.8, 4) is 17.2 Å². The predicted molar refractivity (Wildman–Crippen MR) is 149 cm³/mol. The Hall–Kier alpha value is -3.63. The van der Waals surface area contributed by atoms with Gasteiger partial charge in [0.15, 0.2) is 11.5 Å². The van der Waals surface area contributed by atoms with Crippen molar-refractivity contribution in [1.82, 2.24) is 19.4 Å². The number of aliphatic hydroxyl groups is 1. The fraction of sp³-hybridized carbons (Fsp3) is 0.467. The van der Waals surface area contributed by atoms with E-state index in [0.717, 1.165) is 30.8 Å². The molecule has 1 aromatic heterocycles. The number of nitrogens with zero attached hydrogens (tertiary/aromatic N) is 4. The van der Waals surface area contributed by atoms with Gasteiger partial charge in [-0.2, -0.15) is 0 Å². The van der Waals surface area contributed by atoms with E-state index in [1.165, 1.54) is 31.2 Å². The van der Waals surface area contributed by atoms with Gasteiger partial charge in [0, 0.05) is 58.5 Å². The number of methoxy groups -OCH3 is 1. The minimum atomic E-state index is -1.31. The van der Waals surface area contributed by atoms with Crippen LogP contribution < -0.4 is 14.2 Å². The molecule has 0 saturated carbocycles. The molecule has 1 atom stereocenters. The highest BCUT2D eigenvalue weighted by Crippen LogP contribution is 2.29. The number of halogens is 1. The van der Waals surface area contributed by atoms with Gasteiger partial charge in [-0.25, -0.2) is 9.37 Å². The average Bonchev–Trinajstić information content (AvgIpc) is 3.33. The van der Waals surface area contributed by atoms with E-state index in [2.05, 4.69) is 21.4 Å². The van der Waals surface area contributed by atoms with Gasteiger partial charge in [0.25, 0.3) is 0 Å². The lowest BCUT2D eigenvalue weighted by Crippen LogP contribution is -2.51. The van der Waals surface area contributed by atoms with Crippen LogP contribution in [0.25, 0.3) is 0 Å². The summed E-state index contributed by atoms with van der Waals surface area (Å²) in [5.74, 6) is 2.37. The van der Waals surface area contributed by atoms with E-state index in [0.29, 0.717) is 50.0 Å². The fourth-order valence-corrected chi connectivity index (χ4v) is 4.95. The molecule has 0 bridgehead atoms. The number of carbonyl (C=O) groups is 1. The Labute approximate surface area is 235 Å². The summed E-state index contributed by atoms with van der Waals surface area (Å²) in [6.45, 7) is 7.01. The first-order valence-corrected chi connectivity index (χ1v) is 13.7. The molecule has 0 aliphatic carbocycles. The Kier molecular flexibility index (Phi) is 10.0. The number of rotatable bonds is 12. The standard InChI is InChI=1S/C30H39FN4O5/c1-4-29-32-12-14-34(29)13-5-17-39-27-11-6-24(18-28(27)38-3)19-33-15-16-35(23(2)36)21-30(37,20-33)22-40-26-9-7-25(31)8-10-26/h6-12,14,18,37H,4-5,13,15-17,19-22H2,1-3H3/t30-/m0/s1. The van der Waals surface area contributed by atoms with Gasteiger partial charge >= 0.3 is 0 Å². The van der Waals surface area contributed by atoms with Crippen LogP contribution in [-0.4, -0.2) is 82.5 Å². The smallest absolute Gasteiger partial charge is 0.219 e. The molecule has 2 heterocycles. The molecule has 10 heteroatoms. The van der Waals surface area contributed by atoms with E-state index in [-0.39, 0.29) is 24.9 Å². The molecule has 216 valence electrons. The third-order valence-corrected chi connectivity index (χ3v) is 7.01. The number of hydrogen-bond donors (Lipinski definition) is 1. The first-order chi connectivity index (χ1) is 19.3. The highest BCUT2D eigenvalue weighted by Gasteiger charge is 2.37. The number of hydrogen-bond acceptors (Lipinski definition) is 7. The van der Waals surface area contributed by atoms with Crippen molar-refractivity contribution in [3.05, 3.63) is 72.1 Å². The zero-order chi connectivity index (χ0) is 28.5. The van der Waals surface area contributed by atoms with E-state index in [1.807, 2.05) is 30.6 Å². The first kappa shape index (κ1) is 29.4. The molecule has 1 N–H and O–H groups in total. The van der Waals surface area contributed by atoms with Crippen molar-refractivity contribution < 1.29 is 28.5 Å². The maximum Gasteiger partial charge on any atom is 0.219 e. The summed E-state index contributed by atoms with van der Waals surface area (Å²) in [7, 11) is 1.62. The van der Waals surface area contributed by atoms with Crippen molar-refractivity contribution >= 4 is 5.91 Å². The summed E-state index contributed by atoms with van der Waals surface area (Å²) < 4.78 is 32.8. The van der Waals surface area contributed by atoms with Gasteiger partial charge in [0.2, 0.25) is 5.91 Å². The summed E-state index contributed by atoms with van der Waals surface area (Å²) in [5.41, 5.74) is -0.315. The highest BCUT2D eigenvalue weighted by atomic mass is 19.1. The second kappa shape index (κ2) is 13.6. The van der Waals surface area contributed by atoms with Crippen LogP contribution in [-0.2, 0) is 24.3 Å². The van der Waals surface area contributed by atoms with Crippen molar-refractivity contribution in [2.75, 3.05) is 46.5 Å². The van der Waals surface area contributed by atoms with Gasteiger partial charge in [-0.1, -0.05) is 13.0 Å². The number of amides is 1. The molecular formula is C30H39FN4O5. The van der Waals surface area contributed by atoms with Crippen molar-refractivity contribution in [2.24, 2.45) is 0 Å². The van der Waals surface area contributed by atoms with Gasteiger partial charge in [-0.15, -0.1) is 0 Å². The minimum Gasteiger partial charge on any atom is -0.493 e. The van der Waals surface area contributed by atoms with Crippen LogP contribution in [0.15, 0.2) is 54.9 Å². The second-order valence-corrected chi connectivity index (χ2v) is 10.2. The van der Waals surface area contributed by atoms with Crippen LogP contribution in [0.5, 0.6) is 17.2 Å². The molecule has 40 heavy (non-hydrogen) atoms. The van der Waals surface area contributed by atoms with Crippen LogP contribution in [0.1, 0.15) is 31.7 Å². The van der Waals surface area contributed by atoms with Crippen LogP contribution in [0, 0.1) is 5.82 Å². The molecule has 4 rings (SSSR count). The summed E-state index contributed by atoms with van der Waals surface area (Å²) in [6.07, 6.45) is 5.55. The molecule has 0 spiro atoms. The van der Waals surface area contributed by atoms with Crippen molar-refractivity contribution in [2.45, 2.75) is 45.4 Å². The summed E-state index contributed by atoms with van der Waals surface area (Å²) in [4.78, 5) is 20.3. The van der Waals surface area contributed by atoms with E-state index < -0.39 is 5.60 Å². The number of carbonyl (C=O) groups excluding carboxylic acids is 1. The van der Waals surface area contributed by atoms with Gasteiger partial charge in [0.1, 0.15) is 29.6 Å². The lowest BCUT2D eigenvalue weighted by molar-refractivity contribution is -0.132. The molecular weight excluding hydrogens is 515 g/mol. The molecule has 9 nitrogen and oxygen atoms in total. The lowest BCUT2D eigenvalue weighted by atomic mass is 10.0. The molecule has 2 aromatic carbocycles. The minimum absolute atomic E-state index is 0.0339. The van der Waals surface area contributed by atoms with E-state index in [4.69, 9.17) is 14.2 Å². The van der Waals surface area contributed by atoms with E-state index in [1.54, 1.807) is 12.0 Å². The number of aryl methyl sites for hydroxylation is 2. The number of β-amino-alcohol motifs (C(OH)–C–C–N with tert-alkyl or cyclic N) is 1. The van der Waals surface area contributed by atoms with Gasteiger partial charge in [-0.05, 0) is 48.4 Å². The molecule has 3 aromatic rings. The quantitative estimate of drug-likeness (QED) is 0.343. The molecule has 1 fully saturated rings. The number of aromatic nitrogens is 2. The summed E-state index contributed by atoms with van der Waals surface area (Å²) >= 11 is 0. The van der Waals surface area contributed by atoms with Crippen LogP contribution >= 0.6 is 0 Å². The van der Waals surface area contributed by atoms with E-state index in [9.17, 15) is 14.3 Å². The Bertz CT molecular complexity index is 1250. The van der Waals surface area contributed by atoms with Gasteiger partial charge in [0.05, 0.1) is 20.3 Å². The van der Waals surface area contributed by atoms with Gasteiger partial charge in [-0.3, -0.25) is 9.69 Å². The SMILES string of the molecule is CCc1nccn1CCCOc1ccc(CN2CCN(C(C)=O)C[C@](O)(COc3ccc(F)cc3)C2)cc1OC. The zero-order valence-corrected chi connectivity index (χ0v) is 23.5. The van der Waals surface area contributed by atoms with Crippen LogP contribution in [0.2, 0.25) is 0 Å². The molecule has 0 radical (unpaired) electrons. The molecule has 1 aliphatic rings. The summed E-state index contributed by atoms with van der Waals surface area (Å²) in [5, 5.41) is 11.5. The molecule has 1 aliphatic heterocycles. The number of ether oxygens (including phenoxy) is 3. The Balaban J connectivity index is 1.38. The average molecular weight is 555 g/mol. The van der Waals surface area contributed by atoms with Crippen molar-refractivity contribution in [3.63, 3.8) is 0 Å². The Morgan fingerprint density at radius 1 is 1.10 bits per heavy atom. The normalized spacial score (nSPS) is 17.9. The topological polar surface area (TPSA) is 89.3 Å². The maximum absolute atomic E-state index is 13.3. The summed E-state index contributed by atoms with van der Waals surface area (Å²) in [6, 6.07) is 11.5. The molecule has 1 amide bonds. The monoisotopic (exact) mass is 554 g/mol. The Morgan fingerprint density at radius 3 is 2.62 bits per heavy atom. The van der Waals surface area contributed by atoms with Crippen LogP contribution in [0.4, 0.5) is 4.39 Å². The molecule has 1 saturated heterocycles. The van der Waals surface area contributed by atoms with E-state index >= 15 is 0 Å². The van der Waals surface area contributed by atoms with Crippen molar-refractivity contribution in [1.29, 1.82) is 0 Å². The lowest BCUT2D eigenvalue weighted by Gasteiger charge is -2.32. The second-order valence-electron chi connectivity index (χ2n) is 10.2. The predicted octanol–water partition coefficient (Wildman–Crippen LogP) is 3.54. The Morgan fingerprint density at radius 2 is 1.90 bits per heavy atom. The number of imidazole rings is 1. The van der Waals surface area contributed by atoms with Crippen LogP contribution in [0.3, 0.4) is 0 Å². The fourth-order valence-electron chi connectivity index (χ4n) is 4.95. The van der Waals surface area contributed by atoms with Gasteiger partial charge < -0.3 is 28.8 Å². The third kappa shape index (κ3) is 7.95. The largest absolute Gasteiger partial charge is 0.493 e. The maximum atomic E-state index is 13.3. The zero-order valence-electron chi connectivity index (χ0n) is 23.5. The first-order valence-electron chi connectivity index (χ1n) is 13.7. The highest BCUT2D eigenvalue weighted by molar-refractivity contribution is 5.73.